The third-order valence-electron chi connectivity index (χ3n) is 6.67. The molecule has 1 atom stereocenters. The number of amides is 4. The Morgan fingerprint density at radius 2 is 1.43 bits per heavy atom. The summed E-state index contributed by atoms with van der Waals surface area (Å²) in [5.74, 6) is 4.00. The van der Waals surface area contributed by atoms with Gasteiger partial charge >= 0.3 is 6.03 Å². The topological polar surface area (TPSA) is 155 Å². The van der Waals surface area contributed by atoms with E-state index in [1.165, 1.54) is 11.2 Å². The molecule has 4 rings (SSSR count). The highest BCUT2D eigenvalue weighted by Crippen LogP contribution is 2.28. The van der Waals surface area contributed by atoms with E-state index >= 15 is 0 Å². The minimum Gasteiger partial charge on any atom is -0.352 e. The van der Waals surface area contributed by atoms with Gasteiger partial charge in [0.2, 0.25) is 5.91 Å². The predicted octanol–water partition coefficient (Wildman–Crippen LogP) is 3.63. The summed E-state index contributed by atoms with van der Waals surface area (Å²) in [6, 6.07) is 31.3. The Balaban J connectivity index is 1.68. The zero-order valence-electron chi connectivity index (χ0n) is 23.1. The van der Waals surface area contributed by atoms with Crippen LogP contribution in [0.25, 0.3) is 0 Å². The molecule has 10 nitrogen and oxygen atoms in total. The lowest BCUT2D eigenvalue weighted by atomic mass is 9.90. The van der Waals surface area contributed by atoms with Crippen molar-refractivity contribution in [2.24, 2.45) is 16.6 Å². The van der Waals surface area contributed by atoms with E-state index in [2.05, 4.69) is 21.1 Å². The number of nitrogens with two attached hydrogens (primary N) is 2. The van der Waals surface area contributed by atoms with E-state index in [0.29, 0.717) is 16.9 Å². The molecule has 7 N–H and O–H groups in total. The van der Waals surface area contributed by atoms with E-state index in [0.717, 1.165) is 16.7 Å². The Bertz CT molecular complexity index is 1490. The SMILES string of the molecule is CN(C(=O)C(NC(=O)C(c1ccccc1)c1ccccc1)c1cccc(N=CNN)c1)c1ccc(CNC(N)=O)cc1. The molecule has 10 heteroatoms. The van der Waals surface area contributed by atoms with Crippen molar-refractivity contribution in [1.29, 1.82) is 0 Å². The molecule has 0 aliphatic rings. The van der Waals surface area contributed by atoms with Gasteiger partial charge in [0.15, 0.2) is 0 Å². The van der Waals surface area contributed by atoms with Gasteiger partial charge < -0.3 is 26.7 Å². The molecule has 0 spiro atoms. The van der Waals surface area contributed by atoms with Gasteiger partial charge in [-0.1, -0.05) is 84.9 Å². The molecule has 214 valence electrons. The molecule has 0 saturated heterocycles. The number of nitrogens with zero attached hydrogens (tertiary/aromatic N) is 2. The molecule has 1 unspecified atom stereocenters. The number of nitrogens with one attached hydrogen (secondary N) is 3. The predicted molar refractivity (Wildman–Crippen MR) is 164 cm³/mol. The quantitative estimate of drug-likeness (QED) is 0.0816. The first-order chi connectivity index (χ1) is 20.4. The number of urea groups is 1. The van der Waals surface area contributed by atoms with E-state index in [-0.39, 0.29) is 18.4 Å². The van der Waals surface area contributed by atoms with Crippen LogP contribution in [-0.2, 0) is 16.1 Å². The first-order valence-corrected chi connectivity index (χ1v) is 13.3. The van der Waals surface area contributed by atoms with E-state index in [1.54, 1.807) is 55.6 Å². The highest BCUT2D eigenvalue weighted by atomic mass is 16.2. The maximum absolute atomic E-state index is 14.1. The van der Waals surface area contributed by atoms with Crippen LogP contribution in [0, 0.1) is 0 Å². The minimum atomic E-state index is -1.03. The lowest BCUT2D eigenvalue weighted by molar-refractivity contribution is -0.128. The van der Waals surface area contributed by atoms with Gasteiger partial charge in [0, 0.05) is 19.3 Å². The summed E-state index contributed by atoms with van der Waals surface area (Å²) in [5.41, 5.74) is 11.6. The monoisotopic (exact) mass is 563 g/mol. The average Bonchev–Trinajstić information content (AvgIpc) is 3.02. The summed E-state index contributed by atoms with van der Waals surface area (Å²) in [7, 11) is 1.64. The van der Waals surface area contributed by atoms with Crippen molar-refractivity contribution in [2.75, 3.05) is 11.9 Å². The average molecular weight is 564 g/mol. The van der Waals surface area contributed by atoms with Crippen molar-refractivity contribution in [2.45, 2.75) is 18.5 Å². The van der Waals surface area contributed by atoms with Crippen LogP contribution in [0.15, 0.2) is 114 Å². The number of aliphatic imine (C=N–C) groups is 1. The molecule has 0 saturated carbocycles. The van der Waals surface area contributed by atoms with Crippen molar-refractivity contribution >= 4 is 35.6 Å². The lowest BCUT2D eigenvalue weighted by Crippen LogP contribution is -2.43. The molecule has 4 aromatic carbocycles. The van der Waals surface area contributed by atoms with Gasteiger partial charge in [0.1, 0.15) is 12.4 Å². The summed E-state index contributed by atoms with van der Waals surface area (Å²) >= 11 is 0. The van der Waals surface area contributed by atoms with Gasteiger partial charge in [0.25, 0.3) is 5.91 Å². The van der Waals surface area contributed by atoms with Crippen LogP contribution < -0.4 is 32.5 Å². The van der Waals surface area contributed by atoms with Gasteiger partial charge in [-0.3, -0.25) is 9.59 Å². The number of hydrazine groups is 1. The van der Waals surface area contributed by atoms with Crippen molar-refractivity contribution in [3.05, 3.63) is 131 Å². The van der Waals surface area contributed by atoms with Crippen molar-refractivity contribution in [3.63, 3.8) is 0 Å². The molecular formula is C32H33N7O3. The van der Waals surface area contributed by atoms with Crippen molar-refractivity contribution in [1.82, 2.24) is 16.1 Å². The second kappa shape index (κ2) is 14.2. The van der Waals surface area contributed by atoms with Gasteiger partial charge in [-0.2, -0.15) is 0 Å². The number of anilines is 1. The maximum Gasteiger partial charge on any atom is 0.312 e. The Morgan fingerprint density at radius 1 is 0.833 bits per heavy atom. The fraction of sp³-hybridized carbons (Fsp3) is 0.125. The highest BCUT2D eigenvalue weighted by Gasteiger charge is 2.31. The van der Waals surface area contributed by atoms with Crippen LogP contribution in [0.4, 0.5) is 16.2 Å². The summed E-state index contributed by atoms with van der Waals surface area (Å²) in [4.78, 5) is 44.9. The molecular weight excluding hydrogens is 530 g/mol. The molecule has 0 heterocycles. The molecule has 42 heavy (non-hydrogen) atoms. The summed E-state index contributed by atoms with van der Waals surface area (Å²) in [6.45, 7) is 0.261. The Kier molecular flexibility index (Phi) is 10.0. The van der Waals surface area contributed by atoms with Crippen LogP contribution in [0.3, 0.4) is 0 Å². The Hall–Kier alpha value is -5.48. The number of carbonyl (C=O) groups is 3. The van der Waals surface area contributed by atoms with Crippen LogP contribution in [0.5, 0.6) is 0 Å². The Morgan fingerprint density at radius 3 is 2.00 bits per heavy atom. The van der Waals surface area contributed by atoms with Crippen LogP contribution in [0.2, 0.25) is 0 Å². The standard InChI is InChI=1S/C32H33N7O3/c1-39(27-17-15-22(16-18-27)20-35-32(33)42)31(41)29(25-13-8-14-26(19-25)36-21-37-34)38-30(40)28(23-9-4-2-5-10-23)24-11-6-3-7-12-24/h2-19,21,28-29H,20,34H2,1H3,(H,36,37)(H,38,40)(H3,33,35,42). The number of hydrogen-bond acceptors (Lipinski definition) is 5. The van der Waals surface area contributed by atoms with Crippen molar-refractivity contribution in [3.8, 4) is 0 Å². The molecule has 4 amide bonds. The molecule has 4 aromatic rings. The zero-order chi connectivity index (χ0) is 29.9. The summed E-state index contributed by atoms with van der Waals surface area (Å²) in [5, 5.41) is 5.56. The lowest BCUT2D eigenvalue weighted by Gasteiger charge is -2.27. The largest absolute Gasteiger partial charge is 0.352 e. The summed E-state index contributed by atoms with van der Waals surface area (Å²) < 4.78 is 0. The first kappa shape index (κ1) is 29.5. The number of hydrogen-bond donors (Lipinski definition) is 5. The van der Waals surface area contributed by atoms with Gasteiger partial charge in [-0.15, -0.1) is 0 Å². The maximum atomic E-state index is 14.1. The van der Waals surface area contributed by atoms with E-state index < -0.39 is 18.0 Å². The van der Waals surface area contributed by atoms with E-state index in [1.807, 2.05) is 60.7 Å². The van der Waals surface area contributed by atoms with Gasteiger partial charge in [-0.05, 0) is 46.5 Å². The van der Waals surface area contributed by atoms with E-state index in [4.69, 9.17) is 11.6 Å². The van der Waals surface area contributed by atoms with Crippen LogP contribution in [-0.4, -0.2) is 31.2 Å². The first-order valence-electron chi connectivity index (χ1n) is 13.3. The normalized spacial score (nSPS) is 11.6. The third kappa shape index (κ3) is 7.58. The number of likely N-dealkylation sites (N-methyl/N-ethyl adjacent to an activating group) is 1. The third-order valence-corrected chi connectivity index (χ3v) is 6.67. The molecule has 0 fully saturated rings. The molecule has 0 aliphatic heterocycles. The van der Waals surface area contributed by atoms with E-state index in [9.17, 15) is 14.4 Å². The van der Waals surface area contributed by atoms with Crippen LogP contribution >= 0.6 is 0 Å². The Labute approximate surface area is 244 Å². The molecule has 0 aromatic heterocycles. The second-order valence-corrected chi connectivity index (χ2v) is 9.50. The van der Waals surface area contributed by atoms with Gasteiger partial charge in [-0.25, -0.2) is 15.6 Å². The zero-order valence-corrected chi connectivity index (χ0v) is 23.1. The van der Waals surface area contributed by atoms with Crippen LogP contribution in [0.1, 0.15) is 34.2 Å². The fourth-order valence-electron chi connectivity index (χ4n) is 4.54. The number of primary amides is 1. The molecule has 0 radical (unpaired) electrons. The van der Waals surface area contributed by atoms with Crippen molar-refractivity contribution < 1.29 is 14.4 Å². The number of benzene rings is 4. The minimum absolute atomic E-state index is 0.261. The molecule has 0 bridgehead atoms. The summed E-state index contributed by atoms with van der Waals surface area (Å²) in [6.07, 6.45) is 1.33. The second-order valence-electron chi connectivity index (χ2n) is 9.50. The number of rotatable bonds is 11. The fourth-order valence-corrected chi connectivity index (χ4v) is 4.54. The van der Waals surface area contributed by atoms with Gasteiger partial charge in [0.05, 0.1) is 11.6 Å². The number of carbonyl (C=O) groups excluding carboxylic acids is 3. The highest BCUT2D eigenvalue weighted by molar-refractivity contribution is 6.00. The molecule has 0 aliphatic carbocycles. The smallest absolute Gasteiger partial charge is 0.312 e.